The lowest BCUT2D eigenvalue weighted by Gasteiger charge is -2.37. The summed E-state index contributed by atoms with van der Waals surface area (Å²) in [6, 6.07) is 9.31. The maximum atomic E-state index is 6.29. The minimum absolute atomic E-state index is 0.424. The molecular formula is C16H24N2. The molecule has 1 aromatic rings. The van der Waals surface area contributed by atoms with Crippen molar-refractivity contribution in [2.45, 2.75) is 44.6 Å². The third-order valence-corrected chi connectivity index (χ3v) is 4.63. The highest BCUT2D eigenvalue weighted by atomic mass is 15.1. The highest BCUT2D eigenvalue weighted by Gasteiger charge is 2.26. The van der Waals surface area contributed by atoms with Gasteiger partial charge in [-0.05, 0) is 43.2 Å². The van der Waals surface area contributed by atoms with Crippen molar-refractivity contribution in [2.75, 3.05) is 18.0 Å². The van der Waals surface area contributed by atoms with Crippen LogP contribution < -0.4 is 10.6 Å². The van der Waals surface area contributed by atoms with Gasteiger partial charge < -0.3 is 10.6 Å². The molecule has 0 saturated heterocycles. The molecule has 2 unspecified atom stereocenters. The van der Waals surface area contributed by atoms with Crippen LogP contribution in [0.3, 0.4) is 0 Å². The van der Waals surface area contributed by atoms with E-state index in [4.69, 9.17) is 5.73 Å². The van der Waals surface area contributed by atoms with Gasteiger partial charge >= 0.3 is 0 Å². The second kappa shape index (κ2) is 5.31. The molecule has 98 valence electrons. The monoisotopic (exact) mass is 244 g/mol. The molecule has 0 amide bonds. The molecule has 1 saturated carbocycles. The number of nitrogens with zero attached hydrogens (tertiary/aromatic N) is 1. The fourth-order valence-electron chi connectivity index (χ4n) is 3.55. The average Bonchev–Trinajstić information content (AvgIpc) is 2.42. The van der Waals surface area contributed by atoms with Gasteiger partial charge in [0.1, 0.15) is 0 Å². The highest BCUT2D eigenvalue weighted by molar-refractivity contribution is 5.55. The molecule has 1 aliphatic carbocycles. The average molecular weight is 244 g/mol. The van der Waals surface area contributed by atoms with Crippen LogP contribution in [0.15, 0.2) is 24.3 Å². The van der Waals surface area contributed by atoms with Crippen molar-refractivity contribution >= 4 is 5.69 Å². The van der Waals surface area contributed by atoms with E-state index in [1.165, 1.54) is 56.3 Å². The van der Waals surface area contributed by atoms with Crippen LogP contribution in [0.4, 0.5) is 5.69 Å². The van der Waals surface area contributed by atoms with Gasteiger partial charge in [-0.1, -0.05) is 31.0 Å². The summed E-state index contributed by atoms with van der Waals surface area (Å²) in [5.74, 6) is 0.699. The number of rotatable bonds is 2. The first kappa shape index (κ1) is 12.0. The van der Waals surface area contributed by atoms with Crippen LogP contribution in [0.2, 0.25) is 0 Å². The second-order valence-electron chi connectivity index (χ2n) is 5.89. The molecule has 1 aromatic carbocycles. The predicted molar refractivity (Wildman–Crippen MR) is 76.9 cm³/mol. The second-order valence-corrected chi connectivity index (χ2v) is 5.89. The number of nitrogens with two attached hydrogens (primary N) is 1. The third-order valence-electron chi connectivity index (χ3n) is 4.63. The molecule has 2 heteroatoms. The number of fused-ring (bicyclic) bond motifs is 1. The topological polar surface area (TPSA) is 29.3 Å². The van der Waals surface area contributed by atoms with Crippen molar-refractivity contribution < 1.29 is 0 Å². The number of benzene rings is 1. The van der Waals surface area contributed by atoms with Crippen LogP contribution in [0.25, 0.3) is 0 Å². The Kier molecular flexibility index (Phi) is 3.55. The molecule has 1 fully saturated rings. The zero-order chi connectivity index (χ0) is 12.4. The minimum Gasteiger partial charge on any atom is -0.371 e. The summed E-state index contributed by atoms with van der Waals surface area (Å²) in [5.41, 5.74) is 9.27. The van der Waals surface area contributed by atoms with E-state index >= 15 is 0 Å². The van der Waals surface area contributed by atoms with Crippen molar-refractivity contribution in [3.05, 3.63) is 29.8 Å². The molecule has 3 rings (SSSR count). The fourth-order valence-corrected chi connectivity index (χ4v) is 3.55. The van der Waals surface area contributed by atoms with Crippen molar-refractivity contribution in [3.8, 4) is 0 Å². The minimum atomic E-state index is 0.424. The number of para-hydroxylation sites is 1. The van der Waals surface area contributed by atoms with Crippen LogP contribution in [0.5, 0.6) is 0 Å². The zero-order valence-corrected chi connectivity index (χ0v) is 11.1. The van der Waals surface area contributed by atoms with Gasteiger partial charge in [0.25, 0.3) is 0 Å². The molecule has 18 heavy (non-hydrogen) atoms. The Morgan fingerprint density at radius 2 is 1.94 bits per heavy atom. The highest BCUT2D eigenvalue weighted by Crippen LogP contribution is 2.30. The SMILES string of the molecule is NC1CCCCC1CN1CCCc2ccccc21. The molecule has 2 atom stereocenters. The van der Waals surface area contributed by atoms with Gasteiger partial charge in [-0.15, -0.1) is 0 Å². The number of hydrogen-bond acceptors (Lipinski definition) is 2. The summed E-state index contributed by atoms with van der Waals surface area (Å²) in [5, 5.41) is 0. The van der Waals surface area contributed by atoms with Crippen molar-refractivity contribution in [1.29, 1.82) is 0 Å². The molecule has 2 nitrogen and oxygen atoms in total. The molecule has 0 spiro atoms. The summed E-state index contributed by atoms with van der Waals surface area (Å²) in [6.07, 6.45) is 7.77. The van der Waals surface area contributed by atoms with Gasteiger partial charge in [-0.2, -0.15) is 0 Å². The van der Waals surface area contributed by atoms with Crippen molar-refractivity contribution in [2.24, 2.45) is 11.7 Å². The molecule has 0 bridgehead atoms. The Labute approximate surface area is 110 Å². The Hall–Kier alpha value is -1.02. The van der Waals surface area contributed by atoms with Crippen LogP contribution in [0, 0.1) is 5.92 Å². The van der Waals surface area contributed by atoms with E-state index in [1.54, 1.807) is 0 Å². The van der Waals surface area contributed by atoms with Gasteiger partial charge in [-0.3, -0.25) is 0 Å². The van der Waals surface area contributed by atoms with E-state index in [2.05, 4.69) is 29.2 Å². The Balaban J connectivity index is 1.73. The van der Waals surface area contributed by atoms with E-state index in [1.807, 2.05) is 0 Å². The summed E-state index contributed by atoms with van der Waals surface area (Å²) in [4.78, 5) is 2.58. The number of hydrogen-bond donors (Lipinski definition) is 1. The fraction of sp³-hybridized carbons (Fsp3) is 0.625. The first-order valence-corrected chi connectivity index (χ1v) is 7.43. The molecule has 2 N–H and O–H groups in total. The van der Waals surface area contributed by atoms with E-state index in [0.717, 1.165) is 6.54 Å². The van der Waals surface area contributed by atoms with Gasteiger partial charge in [-0.25, -0.2) is 0 Å². The van der Waals surface area contributed by atoms with Crippen LogP contribution in [-0.2, 0) is 6.42 Å². The van der Waals surface area contributed by atoms with E-state index < -0.39 is 0 Å². The van der Waals surface area contributed by atoms with Crippen LogP contribution in [-0.4, -0.2) is 19.1 Å². The molecule has 2 aliphatic rings. The summed E-state index contributed by atoms with van der Waals surface area (Å²) in [6.45, 7) is 2.37. The molecule has 0 radical (unpaired) electrons. The lowest BCUT2D eigenvalue weighted by molar-refractivity contribution is 0.308. The molecule has 1 heterocycles. The first-order valence-electron chi connectivity index (χ1n) is 7.43. The maximum absolute atomic E-state index is 6.29. The summed E-state index contributed by atoms with van der Waals surface area (Å²) in [7, 11) is 0. The van der Waals surface area contributed by atoms with Gasteiger partial charge in [0.05, 0.1) is 0 Å². The van der Waals surface area contributed by atoms with E-state index in [-0.39, 0.29) is 0 Å². The van der Waals surface area contributed by atoms with Crippen LogP contribution in [0.1, 0.15) is 37.7 Å². The van der Waals surface area contributed by atoms with Gasteiger partial charge in [0.15, 0.2) is 0 Å². The Bertz CT molecular complexity index is 402. The zero-order valence-electron chi connectivity index (χ0n) is 11.1. The van der Waals surface area contributed by atoms with E-state index in [9.17, 15) is 0 Å². The van der Waals surface area contributed by atoms with Crippen molar-refractivity contribution in [3.63, 3.8) is 0 Å². The molecular weight excluding hydrogens is 220 g/mol. The maximum Gasteiger partial charge on any atom is 0.0398 e. The van der Waals surface area contributed by atoms with Crippen LogP contribution >= 0.6 is 0 Å². The lowest BCUT2D eigenvalue weighted by atomic mass is 9.84. The van der Waals surface area contributed by atoms with Gasteiger partial charge in [0, 0.05) is 24.8 Å². The largest absolute Gasteiger partial charge is 0.371 e. The normalized spacial score (nSPS) is 27.9. The smallest absolute Gasteiger partial charge is 0.0398 e. The molecule has 1 aliphatic heterocycles. The standard InChI is InChI=1S/C16H24N2/c17-15-9-3-1-7-14(15)12-18-11-5-8-13-6-2-4-10-16(13)18/h2,4,6,10,14-15H,1,3,5,7-9,11-12,17H2. The van der Waals surface area contributed by atoms with Gasteiger partial charge in [0.2, 0.25) is 0 Å². The summed E-state index contributed by atoms with van der Waals surface area (Å²) < 4.78 is 0. The summed E-state index contributed by atoms with van der Waals surface area (Å²) >= 11 is 0. The number of aryl methyl sites for hydroxylation is 1. The van der Waals surface area contributed by atoms with E-state index in [0.29, 0.717) is 12.0 Å². The number of anilines is 1. The first-order chi connectivity index (χ1) is 8.84. The van der Waals surface area contributed by atoms with Crippen molar-refractivity contribution in [1.82, 2.24) is 0 Å². The lowest BCUT2D eigenvalue weighted by Crippen LogP contribution is -2.42. The predicted octanol–water partition coefficient (Wildman–Crippen LogP) is 2.96. The Morgan fingerprint density at radius 1 is 1.11 bits per heavy atom. The quantitative estimate of drug-likeness (QED) is 0.866. The molecule has 0 aromatic heterocycles. The third kappa shape index (κ3) is 2.39. The Morgan fingerprint density at radius 3 is 2.83 bits per heavy atom.